The third kappa shape index (κ3) is 3.22. The predicted octanol–water partition coefficient (Wildman–Crippen LogP) is -1.20. The van der Waals surface area contributed by atoms with Gasteiger partial charge in [0.2, 0.25) is 0 Å². The fourth-order valence-electron chi connectivity index (χ4n) is 1.36. The first kappa shape index (κ1) is 13.3. The Morgan fingerprint density at radius 2 is 1.43 bits per heavy atom. The number of rotatable bonds is 5. The van der Waals surface area contributed by atoms with E-state index in [1.165, 1.54) is 20.8 Å². The van der Waals surface area contributed by atoms with Crippen molar-refractivity contribution in [1.82, 2.24) is 4.90 Å². The van der Waals surface area contributed by atoms with E-state index in [4.69, 9.17) is 5.11 Å². The molecule has 0 saturated carbocycles. The van der Waals surface area contributed by atoms with Gasteiger partial charge in [0, 0.05) is 0 Å². The molecule has 4 unspecified atom stereocenters. The van der Waals surface area contributed by atoms with Crippen LogP contribution in [0.1, 0.15) is 20.8 Å². The van der Waals surface area contributed by atoms with Crippen LogP contribution in [0.25, 0.3) is 0 Å². The van der Waals surface area contributed by atoms with Crippen LogP contribution in [0.3, 0.4) is 0 Å². The third-order valence-electron chi connectivity index (χ3n) is 1.89. The third-order valence-corrected chi connectivity index (χ3v) is 1.89. The first-order valence-electron chi connectivity index (χ1n) is 4.33. The van der Waals surface area contributed by atoms with Gasteiger partial charge >= 0.3 is 5.97 Å². The molecule has 14 heavy (non-hydrogen) atoms. The van der Waals surface area contributed by atoms with Crippen LogP contribution in [0, 0.1) is 0 Å². The minimum Gasteiger partial charge on any atom is -0.480 e. The van der Waals surface area contributed by atoms with Gasteiger partial charge in [0.05, 0.1) is 6.10 Å². The van der Waals surface area contributed by atoms with Crippen molar-refractivity contribution in [3.63, 3.8) is 0 Å². The van der Waals surface area contributed by atoms with Gasteiger partial charge in [0.25, 0.3) is 0 Å². The van der Waals surface area contributed by atoms with Crippen LogP contribution in [0.15, 0.2) is 0 Å². The van der Waals surface area contributed by atoms with Gasteiger partial charge in [-0.25, -0.2) is 4.90 Å². The predicted molar refractivity (Wildman–Crippen MR) is 48.3 cm³/mol. The molecule has 0 fully saturated rings. The summed E-state index contributed by atoms with van der Waals surface area (Å²) in [6, 6.07) is -1.32. The van der Waals surface area contributed by atoms with E-state index in [0.717, 1.165) is 4.90 Å². The molecule has 0 aliphatic carbocycles. The second kappa shape index (κ2) is 5.26. The van der Waals surface area contributed by atoms with Crippen LogP contribution < -0.4 is 0 Å². The van der Waals surface area contributed by atoms with E-state index < -0.39 is 30.6 Å². The first-order chi connectivity index (χ1) is 6.29. The van der Waals surface area contributed by atoms with E-state index in [0.29, 0.717) is 0 Å². The number of carboxylic acids is 1. The van der Waals surface area contributed by atoms with Crippen molar-refractivity contribution in [1.29, 1.82) is 0 Å². The maximum Gasteiger partial charge on any atom is 0.323 e. The number of aliphatic hydroxyl groups excluding tert-OH is 3. The molecule has 0 spiro atoms. The molecule has 0 aromatic heterocycles. The average Bonchev–Trinajstić information content (AvgIpc) is 1.96. The molecule has 4 atom stereocenters. The molecule has 0 aliphatic heterocycles. The highest BCUT2D eigenvalue weighted by Gasteiger charge is 2.35. The zero-order valence-corrected chi connectivity index (χ0v) is 8.45. The van der Waals surface area contributed by atoms with Crippen molar-refractivity contribution in [3.05, 3.63) is 0 Å². The van der Waals surface area contributed by atoms with Crippen LogP contribution >= 0.6 is 0 Å². The van der Waals surface area contributed by atoms with Gasteiger partial charge in [-0.2, -0.15) is 0 Å². The number of hydrogen-bond donors (Lipinski definition) is 4. The Bertz CT molecular complexity index is 184. The van der Waals surface area contributed by atoms with E-state index in [-0.39, 0.29) is 0 Å². The molecule has 6 nitrogen and oxygen atoms in total. The minimum absolute atomic E-state index is 0.910. The lowest BCUT2D eigenvalue weighted by atomic mass is 10.1. The summed E-state index contributed by atoms with van der Waals surface area (Å²) >= 11 is 0. The smallest absolute Gasteiger partial charge is 0.323 e. The zero-order valence-electron chi connectivity index (χ0n) is 8.45. The van der Waals surface area contributed by atoms with Crippen molar-refractivity contribution in [2.45, 2.75) is 45.4 Å². The summed E-state index contributed by atoms with van der Waals surface area (Å²) in [7, 11) is 0. The molecule has 0 aliphatic rings. The van der Waals surface area contributed by atoms with E-state index in [2.05, 4.69) is 0 Å². The van der Waals surface area contributed by atoms with Crippen LogP contribution in [0.5, 0.6) is 0 Å². The first-order valence-corrected chi connectivity index (χ1v) is 4.33. The molecule has 0 rings (SSSR count). The molecule has 84 valence electrons. The Morgan fingerprint density at radius 3 is 1.50 bits per heavy atom. The molecule has 0 saturated heterocycles. The normalized spacial score (nSPS) is 20.2. The highest BCUT2D eigenvalue weighted by molar-refractivity contribution is 5.74. The SMILES string of the molecule is CC(O)C(C(=O)O)N(C(C)O)C(C)O. The molecular weight excluding hydrogens is 190 g/mol. The molecule has 0 aromatic rings. The lowest BCUT2D eigenvalue weighted by Crippen LogP contribution is -2.55. The van der Waals surface area contributed by atoms with Gasteiger partial charge in [-0.15, -0.1) is 0 Å². The monoisotopic (exact) mass is 207 g/mol. The van der Waals surface area contributed by atoms with Gasteiger partial charge in [-0.3, -0.25) is 4.79 Å². The second-order valence-corrected chi connectivity index (χ2v) is 3.23. The maximum atomic E-state index is 10.8. The molecular formula is C8H17NO5. The molecule has 0 amide bonds. The van der Waals surface area contributed by atoms with Gasteiger partial charge in [-0.05, 0) is 20.8 Å². The van der Waals surface area contributed by atoms with Crippen LogP contribution in [-0.2, 0) is 4.79 Å². The highest BCUT2D eigenvalue weighted by Crippen LogP contribution is 2.11. The van der Waals surface area contributed by atoms with Crippen LogP contribution in [-0.4, -0.2) is 55.9 Å². The number of aliphatic carboxylic acids is 1. The van der Waals surface area contributed by atoms with Crippen molar-refractivity contribution in [3.8, 4) is 0 Å². The van der Waals surface area contributed by atoms with E-state index in [1.54, 1.807) is 0 Å². The van der Waals surface area contributed by atoms with Gasteiger partial charge in [0.15, 0.2) is 0 Å². The molecule has 0 aromatic carbocycles. The van der Waals surface area contributed by atoms with Gasteiger partial charge < -0.3 is 20.4 Å². The molecule has 6 heteroatoms. The van der Waals surface area contributed by atoms with Crippen LogP contribution in [0.2, 0.25) is 0 Å². The summed E-state index contributed by atoms with van der Waals surface area (Å²) in [5, 5.41) is 36.5. The Morgan fingerprint density at radius 1 is 1.07 bits per heavy atom. The fraction of sp³-hybridized carbons (Fsp3) is 0.875. The summed E-state index contributed by atoms with van der Waals surface area (Å²) in [4.78, 5) is 11.7. The zero-order chi connectivity index (χ0) is 11.5. The fourth-order valence-corrected chi connectivity index (χ4v) is 1.36. The molecule has 0 heterocycles. The van der Waals surface area contributed by atoms with Gasteiger partial charge in [-0.1, -0.05) is 0 Å². The summed E-state index contributed by atoms with van der Waals surface area (Å²) in [5.74, 6) is -1.29. The van der Waals surface area contributed by atoms with E-state index >= 15 is 0 Å². The number of aliphatic hydroxyl groups is 3. The van der Waals surface area contributed by atoms with Crippen molar-refractivity contribution in [2.75, 3.05) is 0 Å². The lowest BCUT2D eigenvalue weighted by molar-refractivity contribution is -0.170. The second-order valence-electron chi connectivity index (χ2n) is 3.23. The largest absolute Gasteiger partial charge is 0.480 e. The Hall–Kier alpha value is -0.690. The number of carboxylic acid groups (broad SMARTS) is 1. The van der Waals surface area contributed by atoms with E-state index in [1.807, 2.05) is 0 Å². The summed E-state index contributed by atoms with van der Waals surface area (Å²) in [5.41, 5.74) is 0. The van der Waals surface area contributed by atoms with Gasteiger partial charge in [0.1, 0.15) is 18.5 Å². The minimum atomic E-state index is -1.32. The molecule has 4 N–H and O–H groups in total. The van der Waals surface area contributed by atoms with Crippen molar-refractivity contribution >= 4 is 5.97 Å². The summed E-state index contributed by atoms with van der Waals surface area (Å²) in [6.07, 6.45) is -3.48. The topological polar surface area (TPSA) is 101 Å². The average molecular weight is 207 g/mol. The highest BCUT2D eigenvalue weighted by atomic mass is 16.4. The molecule has 0 radical (unpaired) electrons. The van der Waals surface area contributed by atoms with E-state index in [9.17, 15) is 20.1 Å². The number of carbonyl (C=O) groups is 1. The Labute approximate surface area is 82.4 Å². The standard InChI is InChI=1S/C8H17NO5/c1-4(10)7(8(13)14)9(5(2)11)6(3)12/h4-7,10-12H,1-3H3,(H,13,14). The van der Waals surface area contributed by atoms with Crippen molar-refractivity contribution in [2.24, 2.45) is 0 Å². The number of hydrogen-bond acceptors (Lipinski definition) is 5. The Balaban J connectivity index is 4.83. The molecule has 0 bridgehead atoms. The summed E-state index contributed by atoms with van der Waals surface area (Å²) in [6.45, 7) is 3.94. The van der Waals surface area contributed by atoms with Crippen LogP contribution in [0.4, 0.5) is 0 Å². The summed E-state index contributed by atoms with van der Waals surface area (Å²) < 4.78 is 0. The lowest BCUT2D eigenvalue weighted by Gasteiger charge is -2.34. The quantitative estimate of drug-likeness (QED) is 0.422. The Kier molecular flexibility index (Phi) is 5.00. The van der Waals surface area contributed by atoms with Crippen molar-refractivity contribution < 1.29 is 25.2 Å². The number of nitrogens with zero attached hydrogens (tertiary/aromatic N) is 1. The maximum absolute atomic E-state index is 10.8.